The van der Waals surface area contributed by atoms with Crippen LogP contribution in [0.5, 0.6) is 0 Å². The first-order valence-corrected chi connectivity index (χ1v) is 9.17. The Morgan fingerprint density at radius 3 is 2.78 bits per heavy atom. The molecule has 4 rings (SSSR count). The number of H-pyrrole nitrogens is 1. The van der Waals surface area contributed by atoms with E-state index in [0.29, 0.717) is 12.3 Å². The second kappa shape index (κ2) is 7.36. The van der Waals surface area contributed by atoms with Gasteiger partial charge in [0.05, 0.1) is 11.9 Å². The molecule has 7 nitrogen and oxygen atoms in total. The first-order chi connectivity index (χ1) is 13.1. The monoisotopic (exact) mass is 366 g/mol. The zero-order valence-corrected chi connectivity index (χ0v) is 15.2. The lowest BCUT2D eigenvalue weighted by Crippen LogP contribution is -2.26. The van der Waals surface area contributed by atoms with Crippen LogP contribution in [-0.4, -0.2) is 33.9 Å². The normalized spacial score (nSPS) is 14.7. The van der Waals surface area contributed by atoms with Gasteiger partial charge < -0.3 is 14.7 Å². The molecule has 1 amide bonds. The molecule has 0 atom stereocenters. The highest BCUT2D eigenvalue weighted by Gasteiger charge is 2.22. The molecule has 7 heteroatoms. The van der Waals surface area contributed by atoms with E-state index in [-0.39, 0.29) is 28.1 Å². The molecule has 1 fully saturated rings. The van der Waals surface area contributed by atoms with E-state index in [1.807, 2.05) is 18.2 Å². The van der Waals surface area contributed by atoms with Gasteiger partial charge in [0, 0.05) is 13.1 Å². The Morgan fingerprint density at radius 2 is 2.00 bits per heavy atom. The summed E-state index contributed by atoms with van der Waals surface area (Å²) >= 11 is 0. The number of carbonyl (C=O) groups excluding carboxylic acids is 1. The van der Waals surface area contributed by atoms with Crippen LogP contribution in [0.25, 0.3) is 11.1 Å². The quantitative estimate of drug-likeness (QED) is 0.723. The molecule has 0 bridgehead atoms. The second-order valence-electron chi connectivity index (χ2n) is 6.88. The molecule has 0 aliphatic carbocycles. The van der Waals surface area contributed by atoms with Crippen molar-refractivity contribution in [3.8, 4) is 0 Å². The van der Waals surface area contributed by atoms with E-state index in [0.717, 1.165) is 25.2 Å². The predicted molar refractivity (Wildman–Crippen MR) is 101 cm³/mol. The topological polar surface area (TPSA) is 91.2 Å². The molecule has 3 aromatic rings. The number of hydrogen-bond donors (Lipinski definition) is 2. The maximum absolute atomic E-state index is 12.8. The van der Waals surface area contributed by atoms with Crippen molar-refractivity contribution in [2.45, 2.75) is 32.9 Å². The molecule has 27 heavy (non-hydrogen) atoms. The van der Waals surface area contributed by atoms with Crippen LogP contribution in [0.1, 0.15) is 40.1 Å². The molecule has 1 aliphatic rings. The third kappa shape index (κ3) is 3.50. The Bertz CT molecular complexity index is 1030. The van der Waals surface area contributed by atoms with Gasteiger partial charge in [-0.1, -0.05) is 24.3 Å². The summed E-state index contributed by atoms with van der Waals surface area (Å²) in [5.41, 5.74) is 2.34. The van der Waals surface area contributed by atoms with Crippen molar-refractivity contribution in [1.29, 1.82) is 0 Å². The summed E-state index contributed by atoms with van der Waals surface area (Å²) in [7, 11) is 0. The second-order valence-corrected chi connectivity index (χ2v) is 6.88. The smallest absolute Gasteiger partial charge is 0.262 e. The zero-order valence-electron chi connectivity index (χ0n) is 15.2. The highest BCUT2D eigenvalue weighted by atomic mass is 16.3. The fourth-order valence-corrected chi connectivity index (χ4v) is 3.66. The first-order valence-electron chi connectivity index (χ1n) is 9.17. The summed E-state index contributed by atoms with van der Waals surface area (Å²) in [6, 6.07) is 8.13. The Morgan fingerprint density at radius 1 is 1.26 bits per heavy atom. The summed E-state index contributed by atoms with van der Waals surface area (Å²) in [4.78, 5) is 33.8. The summed E-state index contributed by atoms with van der Waals surface area (Å²) in [5, 5.41) is 3.12. The van der Waals surface area contributed by atoms with E-state index in [4.69, 9.17) is 4.42 Å². The van der Waals surface area contributed by atoms with Crippen LogP contribution in [0.3, 0.4) is 0 Å². The van der Waals surface area contributed by atoms with Crippen LogP contribution >= 0.6 is 0 Å². The van der Waals surface area contributed by atoms with Crippen LogP contribution in [0.15, 0.2) is 39.8 Å². The van der Waals surface area contributed by atoms with Crippen molar-refractivity contribution in [1.82, 2.24) is 20.2 Å². The van der Waals surface area contributed by atoms with E-state index < -0.39 is 0 Å². The minimum Gasteiger partial charge on any atom is -0.442 e. The number of nitrogens with one attached hydrogen (secondary N) is 2. The Hall–Kier alpha value is -2.93. The molecule has 3 heterocycles. The molecule has 2 aromatic heterocycles. The van der Waals surface area contributed by atoms with Gasteiger partial charge in [0.15, 0.2) is 0 Å². The Labute approximate surface area is 156 Å². The van der Waals surface area contributed by atoms with Crippen LogP contribution in [0, 0.1) is 6.92 Å². The van der Waals surface area contributed by atoms with Gasteiger partial charge in [0.1, 0.15) is 11.1 Å². The number of likely N-dealkylation sites (tertiary alicyclic amines) is 1. The number of amides is 1. The van der Waals surface area contributed by atoms with Crippen molar-refractivity contribution in [3.05, 3.63) is 63.4 Å². The standard InChI is InChI=1S/C20H22N4O3/c1-13-16(17-19(26)22-12-23-20(17)27-13)18(25)21-10-14-6-2-3-7-15(14)11-24-8-4-5-9-24/h2-3,6-7,12H,4-5,8-11H2,1H3,(H,21,25)(H,22,23,26). The lowest BCUT2D eigenvalue weighted by atomic mass is 10.1. The highest BCUT2D eigenvalue weighted by molar-refractivity contribution is 6.06. The molecule has 0 saturated carbocycles. The molecule has 0 radical (unpaired) electrons. The molecular weight excluding hydrogens is 344 g/mol. The minimum absolute atomic E-state index is 0.177. The van der Waals surface area contributed by atoms with Crippen LogP contribution < -0.4 is 10.9 Å². The molecule has 140 valence electrons. The number of fused-ring (bicyclic) bond motifs is 1. The number of furan rings is 1. The van der Waals surface area contributed by atoms with Crippen molar-refractivity contribution >= 4 is 17.0 Å². The lowest BCUT2D eigenvalue weighted by Gasteiger charge is -2.17. The molecule has 1 aromatic carbocycles. The molecule has 1 saturated heterocycles. The van der Waals surface area contributed by atoms with E-state index in [1.54, 1.807) is 6.92 Å². The highest BCUT2D eigenvalue weighted by Crippen LogP contribution is 2.21. The number of rotatable bonds is 5. The fraction of sp³-hybridized carbons (Fsp3) is 0.350. The summed E-state index contributed by atoms with van der Waals surface area (Å²) < 4.78 is 5.47. The number of aryl methyl sites for hydroxylation is 1. The maximum atomic E-state index is 12.8. The van der Waals surface area contributed by atoms with Crippen molar-refractivity contribution in [3.63, 3.8) is 0 Å². The van der Waals surface area contributed by atoms with E-state index in [2.05, 4.69) is 26.3 Å². The predicted octanol–water partition coefficient (Wildman–Crippen LogP) is 2.35. The lowest BCUT2D eigenvalue weighted by molar-refractivity contribution is 0.0950. The SMILES string of the molecule is Cc1oc2nc[nH]c(=O)c2c1C(=O)NCc1ccccc1CN1CCCC1. The zero-order chi connectivity index (χ0) is 18.8. The van der Waals surface area contributed by atoms with Crippen LogP contribution in [0.2, 0.25) is 0 Å². The Kier molecular flexibility index (Phi) is 4.77. The third-order valence-corrected chi connectivity index (χ3v) is 5.05. The van der Waals surface area contributed by atoms with E-state index >= 15 is 0 Å². The van der Waals surface area contributed by atoms with Crippen LogP contribution in [0.4, 0.5) is 0 Å². The summed E-state index contributed by atoms with van der Waals surface area (Å²) in [5.74, 6) is 0.0535. The summed E-state index contributed by atoms with van der Waals surface area (Å²) in [6.07, 6.45) is 3.76. The van der Waals surface area contributed by atoms with Crippen LogP contribution in [-0.2, 0) is 13.1 Å². The molecule has 1 aliphatic heterocycles. The van der Waals surface area contributed by atoms with Gasteiger partial charge in [-0.15, -0.1) is 0 Å². The van der Waals surface area contributed by atoms with Crippen molar-refractivity contribution < 1.29 is 9.21 Å². The number of carbonyl (C=O) groups is 1. The molecule has 0 spiro atoms. The van der Waals surface area contributed by atoms with E-state index in [9.17, 15) is 9.59 Å². The van der Waals surface area contributed by atoms with Gasteiger partial charge in [-0.25, -0.2) is 4.98 Å². The van der Waals surface area contributed by atoms with Gasteiger partial charge >= 0.3 is 0 Å². The largest absolute Gasteiger partial charge is 0.442 e. The summed E-state index contributed by atoms with van der Waals surface area (Å²) in [6.45, 7) is 5.20. The van der Waals surface area contributed by atoms with Crippen molar-refractivity contribution in [2.24, 2.45) is 0 Å². The third-order valence-electron chi connectivity index (χ3n) is 5.05. The minimum atomic E-state index is -0.378. The van der Waals surface area contributed by atoms with Gasteiger partial charge in [0.25, 0.3) is 11.5 Å². The maximum Gasteiger partial charge on any atom is 0.262 e. The molecular formula is C20H22N4O3. The van der Waals surface area contributed by atoms with Gasteiger partial charge in [-0.2, -0.15) is 0 Å². The average Bonchev–Trinajstić information content (AvgIpc) is 3.28. The fourth-order valence-electron chi connectivity index (χ4n) is 3.66. The van der Waals surface area contributed by atoms with Gasteiger partial charge in [-0.05, 0) is 44.0 Å². The number of hydrogen-bond acceptors (Lipinski definition) is 5. The number of aromatic amines is 1. The van der Waals surface area contributed by atoms with Gasteiger partial charge in [-0.3, -0.25) is 14.5 Å². The number of benzene rings is 1. The van der Waals surface area contributed by atoms with E-state index in [1.165, 1.54) is 24.7 Å². The van der Waals surface area contributed by atoms with Crippen molar-refractivity contribution in [2.75, 3.05) is 13.1 Å². The molecule has 2 N–H and O–H groups in total. The Balaban J connectivity index is 1.54. The van der Waals surface area contributed by atoms with Gasteiger partial charge in [0.2, 0.25) is 5.71 Å². The number of nitrogens with zero attached hydrogens (tertiary/aromatic N) is 2. The first kappa shape index (κ1) is 17.5. The molecule has 0 unspecified atom stereocenters. The number of aromatic nitrogens is 2. The average molecular weight is 366 g/mol.